The summed E-state index contributed by atoms with van der Waals surface area (Å²) in [6.45, 7) is 3.62. The molecule has 3 heterocycles. The molecule has 0 saturated carbocycles. The molecule has 0 amide bonds. The van der Waals surface area contributed by atoms with Crippen LogP contribution < -0.4 is 5.73 Å². The Morgan fingerprint density at radius 2 is 2.47 bits per heavy atom. The van der Waals surface area contributed by atoms with E-state index in [-0.39, 0.29) is 0 Å². The minimum Gasteiger partial charge on any atom is -0.338 e. The lowest BCUT2D eigenvalue weighted by Gasteiger charge is -2.30. The van der Waals surface area contributed by atoms with Gasteiger partial charge in [0.2, 0.25) is 11.7 Å². The summed E-state index contributed by atoms with van der Waals surface area (Å²) in [6, 6.07) is 4.00. The molecule has 2 N–H and O–H groups in total. The molecule has 2 aromatic heterocycles. The lowest BCUT2D eigenvalue weighted by molar-refractivity contribution is 0.153. The molecule has 0 bridgehead atoms. The van der Waals surface area contributed by atoms with Gasteiger partial charge in [0.1, 0.15) is 0 Å². The Morgan fingerprint density at radius 1 is 1.53 bits per heavy atom. The second-order valence-corrected chi connectivity index (χ2v) is 5.92. The van der Waals surface area contributed by atoms with Crippen molar-refractivity contribution in [3.05, 3.63) is 23.4 Å². The summed E-state index contributed by atoms with van der Waals surface area (Å²) in [5, 5.41) is 6.05. The number of thiophene rings is 1. The number of hydrogen-bond acceptors (Lipinski definition) is 6. The van der Waals surface area contributed by atoms with Crippen LogP contribution in [0.2, 0.25) is 0 Å². The van der Waals surface area contributed by atoms with Crippen molar-refractivity contribution in [2.45, 2.75) is 19.4 Å². The lowest BCUT2D eigenvalue weighted by atomic mass is 9.98. The molecule has 1 atom stereocenters. The van der Waals surface area contributed by atoms with Crippen molar-refractivity contribution in [2.24, 2.45) is 11.7 Å². The van der Waals surface area contributed by atoms with Gasteiger partial charge in [-0.3, -0.25) is 4.90 Å². The highest BCUT2D eigenvalue weighted by Gasteiger charge is 2.20. The molecule has 5 nitrogen and oxygen atoms in total. The van der Waals surface area contributed by atoms with Crippen LogP contribution in [0.5, 0.6) is 0 Å². The monoisotopic (exact) mass is 278 g/mol. The van der Waals surface area contributed by atoms with Crippen molar-refractivity contribution in [2.75, 3.05) is 19.6 Å². The number of rotatable bonds is 4. The molecule has 1 fully saturated rings. The van der Waals surface area contributed by atoms with E-state index in [1.54, 1.807) is 11.3 Å². The second-order valence-electron chi connectivity index (χ2n) is 4.97. The third kappa shape index (κ3) is 3.02. The standard InChI is InChI=1S/C13H18N4OS/c14-7-10-3-1-5-17(8-10)9-12-15-13(16-18-12)11-4-2-6-19-11/h2,4,6,10H,1,3,5,7-9,14H2. The first-order chi connectivity index (χ1) is 9.35. The number of hydrogen-bond donors (Lipinski definition) is 1. The van der Waals surface area contributed by atoms with Crippen molar-refractivity contribution in [1.29, 1.82) is 0 Å². The largest absolute Gasteiger partial charge is 0.338 e. The normalized spacial score (nSPS) is 20.8. The van der Waals surface area contributed by atoms with Crippen LogP contribution in [0, 0.1) is 5.92 Å². The van der Waals surface area contributed by atoms with Gasteiger partial charge in [-0.25, -0.2) is 0 Å². The Morgan fingerprint density at radius 3 is 3.26 bits per heavy atom. The quantitative estimate of drug-likeness (QED) is 0.926. The molecule has 0 radical (unpaired) electrons. The molecule has 1 saturated heterocycles. The van der Waals surface area contributed by atoms with Crippen molar-refractivity contribution < 1.29 is 4.52 Å². The molecule has 2 aromatic rings. The Bertz CT molecular complexity index is 510. The Labute approximate surface area is 116 Å². The summed E-state index contributed by atoms with van der Waals surface area (Å²) < 4.78 is 5.33. The Hall–Kier alpha value is -1.24. The van der Waals surface area contributed by atoms with Gasteiger partial charge in [-0.1, -0.05) is 11.2 Å². The third-order valence-corrected chi connectivity index (χ3v) is 4.37. The van der Waals surface area contributed by atoms with E-state index < -0.39 is 0 Å². The average Bonchev–Trinajstić information content (AvgIpc) is 3.09. The van der Waals surface area contributed by atoms with Gasteiger partial charge in [-0.15, -0.1) is 11.3 Å². The highest BCUT2D eigenvalue weighted by Crippen LogP contribution is 2.22. The molecule has 1 aliphatic rings. The summed E-state index contributed by atoms with van der Waals surface area (Å²) in [6.07, 6.45) is 2.44. The fourth-order valence-electron chi connectivity index (χ4n) is 2.50. The molecule has 0 aliphatic carbocycles. The van der Waals surface area contributed by atoms with E-state index in [2.05, 4.69) is 15.0 Å². The predicted molar refractivity (Wildman–Crippen MR) is 74.7 cm³/mol. The van der Waals surface area contributed by atoms with Crippen LogP contribution >= 0.6 is 11.3 Å². The van der Waals surface area contributed by atoms with E-state index in [4.69, 9.17) is 10.3 Å². The first-order valence-corrected chi connectivity index (χ1v) is 7.52. The summed E-state index contributed by atoms with van der Waals surface area (Å²) in [5.41, 5.74) is 5.75. The minimum absolute atomic E-state index is 0.605. The lowest BCUT2D eigenvalue weighted by Crippen LogP contribution is -2.37. The van der Waals surface area contributed by atoms with E-state index >= 15 is 0 Å². The number of likely N-dealkylation sites (tertiary alicyclic amines) is 1. The number of nitrogens with zero attached hydrogens (tertiary/aromatic N) is 3. The molecule has 3 rings (SSSR count). The van der Waals surface area contributed by atoms with E-state index in [9.17, 15) is 0 Å². The molecule has 102 valence electrons. The van der Waals surface area contributed by atoms with E-state index in [1.165, 1.54) is 12.8 Å². The summed E-state index contributed by atoms with van der Waals surface area (Å²) >= 11 is 1.62. The molecule has 1 aliphatic heterocycles. The van der Waals surface area contributed by atoms with Gasteiger partial charge < -0.3 is 10.3 Å². The highest BCUT2D eigenvalue weighted by atomic mass is 32.1. The van der Waals surface area contributed by atoms with Gasteiger partial charge in [-0.2, -0.15) is 4.98 Å². The van der Waals surface area contributed by atoms with Gasteiger partial charge in [-0.05, 0) is 43.3 Å². The molecule has 0 aromatic carbocycles. The number of piperidine rings is 1. The molecule has 0 spiro atoms. The number of nitrogens with two attached hydrogens (primary N) is 1. The van der Waals surface area contributed by atoms with E-state index in [1.807, 2.05) is 17.5 Å². The summed E-state index contributed by atoms with van der Waals surface area (Å²) in [4.78, 5) is 7.86. The first kappa shape index (κ1) is 12.8. The van der Waals surface area contributed by atoms with E-state index in [0.717, 1.165) is 31.1 Å². The second kappa shape index (κ2) is 5.81. The van der Waals surface area contributed by atoms with Crippen LogP contribution in [-0.2, 0) is 6.54 Å². The van der Waals surface area contributed by atoms with Crippen LogP contribution in [0.3, 0.4) is 0 Å². The zero-order valence-corrected chi connectivity index (χ0v) is 11.6. The third-order valence-electron chi connectivity index (χ3n) is 3.50. The molecular weight excluding hydrogens is 260 g/mol. The first-order valence-electron chi connectivity index (χ1n) is 6.64. The fourth-order valence-corrected chi connectivity index (χ4v) is 3.15. The maximum absolute atomic E-state index is 5.75. The summed E-state index contributed by atoms with van der Waals surface area (Å²) in [7, 11) is 0. The van der Waals surface area contributed by atoms with Gasteiger partial charge in [0.15, 0.2) is 0 Å². The molecular formula is C13H18N4OS. The maximum Gasteiger partial charge on any atom is 0.241 e. The minimum atomic E-state index is 0.605. The zero-order valence-electron chi connectivity index (χ0n) is 10.8. The van der Waals surface area contributed by atoms with Crippen LogP contribution in [-0.4, -0.2) is 34.7 Å². The molecule has 6 heteroatoms. The van der Waals surface area contributed by atoms with E-state index in [0.29, 0.717) is 17.6 Å². The summed E-state index contributed by atoms with van der Waals surface area (Å²) in [5.74, 6) is 1.99. The molecule has 1 unspecified atom stereocenters. The maximum atomic E-state index is 5.75. The van der Waals surface area contributed by atoms with Crippen molar-refractivity contribution in [1.82, 2.24) is 15.0 Å². The fraction of sp³-hybridized carbons (Fsp3) is 0.538. The van der Waals surface area contributed by atoms with Crippen LogP contribution in [0.4, 0.5) is 0 Å². The number of aromatic nitrogens is 2. The highest BCUT2D eigenvalue weighted by molar-refractivity contribution is 7.13. The van der Waals surface area contributed by atoms with Crippen molar-refractivity contribution >= 4 is 11.3 Å². The zero-order chi connectivity index (χ0) is 13.1. The average molecular weight is 278 g/mol. The molecule has 19 heavy (non-hydrogen) atoms. The predicted octanol–water partition coefficient (Wildman–Crippen LogP) is 1.97. The van der Waals surface area contributed by atoms with Crippen molar-refractivity contribution in [3.8, 4) is 10.7 Å². The van der Waals surface area contributed by atoms with Crippen LogP contribution in [0.15, 0.2) is 22.0 Å². The SMILES string of the molecule is NCC1CCCN(Cc2nc(-c3cccs3)no2)C1. The van der Waals surface area contributed by atoms with Crippen LogP contribution in [0.25, 0.3) is 10.7 Å². The topological polar surface area (TPSA) is 68.2 Å². The van der Waals surface area contributed by atoms with Gasteiger partial charge in [0.05, 0.1) is 11.4 Å². The Kier molecular flexibility index (Phi) is 3.91. The Balaban J connectivity index is 1.64. The van der Waals surface area contributed by atoms with Crippen LogP contribution in [0.1, 0.15) is 18.7 Å². The van der Waals surface area contributed by atoms with Gasteiger partial charge in [0.25, 0.3) is 0 Å². The van der Waals surface area contributed by atoms with Crippen molar-refractivity contribution in [3.63, 3.8) is 0 Å². The van der Waals surface area contributed by atoms with Gasteiger partial charge >= 0.3 is 0 Å². The smallest absolute Gasteiger partial charge is 0.241 e. The van der Waals surface area contributed by atoms with Gasteiger partial charge in [0, 0.05) is 6.54 Å².